The van der Waals surface area contributed by atoms with Gasteiger partial charge in [-0.15, -0.1) is 0 Å². The van der Waals surface area contributed by atoms with E-state index in [9.17, 15) is 9.59 Å². The Morgan fingerprint density at radius 3 is 2.29 bits per heavy atom. The lowest BCUT2D eigenvalue weighted by atomic mass is 9.95. The fraction of sp³-hybridized carbons (Fsp3) is 0.364. The maximum absolute atomic E-state index is 12.9. The van der Waals surface area contributed by atoms with Gasteiger partial charge in [0.1, 0.15) is 6.61 Å². The van der Waals surface area contributed by atoms with Gasteiger partial charge >= 0.3 is 6.09 Å². The Morgan fingerprint density at radius 1 is 0.893 bits per heavy atom. The summed E-state index contributed by atoms with van der Waals surface area (Å²) in [4.78, 5) is 28.7. The molecule has 0 bridgehead atoms. The summed E-state index contributed by atoms with van der Waals surface area (Å²) in [6.07, 6.45) is 0.398. The molecule has 2 aliphatic rings. The van der Waals surface area contributed by atoms with E-state index in [1.807, 2.05) is 47.4 Å². The number of rotatable bonds is 3. The van der Waals surface area contributed by atoms with Crippen molar-refractivity contribution in [2.75, 3.05) is 26.2 Å². The van der Waals surface area contributed by atoms with Crippen LogP contribution in [0.25, 0.3) is 0 Å². The standard InChI is InChI=1S/C22H25N3O3/c26-21(20-14-18-8-4-5-9-19(18)15-23-20)24-10-12-25(13-11-24)22(27)28-16-17-6-2-1-3-7-17/h1-9,20,23H,10-16H2/t20-/m0/s1. The van der Waals surface area contributed by atoms with E-state index in [4.69, 9.17) is 4.74 Å². The van der Waals surface area contributed by atoms with Crippen molar-refractivity contribution >= 4 is 12.0 Å². The predicted octanol–water partition coefficient (Wildman–Crippen LogP) is 2.18. The Balaban J connectivity index is 1.26. The zero-order chi connectivity index (χ0) is 19.3. The first-order chi connectivity index (χ1) is 13.7. The van der Waals surface area contributed by atoms with Gasteiger partial charge in [-0.25, -0.2) is 4.79 Å². The Hall–Kier alpha value is -2.86. The van der Waals surface area contributed by atoms with Crippen LogP contribution in [0.2, 0.25) is 0 Å². The van der Waals surface area contributed by atoms with Crippen molar-refractivity contribution in [3.63, 3.8) is 0 Å². The van der Waals surface area contributed by atoms with Crippen LogP contribution in [0, 0.1) is 0 Å². The summed E-state index contributed by atoms with van der Waals surface area (Å²) < 4.78 is 5.39. The highest BCUT2D eigenvalue weighted by molar-refractivity contribution is 5.83. The summed E-state index contributed by atoms with van der Waals surface area (Å²) in [6.45, 7) is 3.08. The van der Waals surface area contributed by atoms with Crippen LogP contribution < -0.4 is 5.32 Å². The number of amides is 2. The average Bonchev–Trinajstić information content (AvgIpc) is 2.77. The predicted molar refractivity (Wildman–Crippen MR) is 106 cm³/mol. The van der Waals surface area contributed by atoms with E-state index in [0.717, 1.165) is 12.1 Å². The molecule has 0 unspecified atom stereocenters. The summed E-state index contributed by atoms with van der Waals surface area (Å²) in [5, 5.41) is 3.35. The van der Waals surface area contributed by atoms with Crippen LogP contribution >= 0.6 is 0 Å². The summed E-state index contributed by atoms with van der Waals surface area (Å²) in [5.41, 5.74) is 3.47. The lowest BCUT2D eigenvalue weighted by molar-refractivity contribution is -0.135. The number of carbonyl (C=O) groups is 2. The number of piperazine rings is 1. The minimum Gasteiger partial charge on any atom is -0.445 e. The first-order valence-electron chi connectivity index (χ1n) is 9.75. The third kappa shape index (κ3) is 4.17. The van der Waals surface area contributed by atoms with Gasteiger partial charge in [0, 0.05) is 32.7 Å². The van der Waals surface area contributed by atoms with Crippen LogP contribution in [0.1, 0.15) is 16.7 Å². The second-order valence-electron chi connectivity index (χ2n) is 7.26. The highest BCUT2D eigenvalue weighted by Gasteiger charge is 2.31. The van der Waals surface area contributed by atoms with Gasteiger partial charge in [0.25, 0.3) is 0 Å². The van der Waals surface area contributed by atoms with Crippen LogP contribution in [-0.4, -0.2) is 54.0 Å². The van der Waals surface area contributed by atoms with Crippen molar-refractivity contribution in [1.82, 2.24) is 15.1 Å². The van der Waals surface area contributed by atoms with Crippen molar-refractivity contribution in [1.29, 1.82) is 0 Å². The number of hydrogen-bond acceptors (Lipinski definition) is 4. The fourth-order valence-corrected chi connectivity index (χ4v) is 3.77. The van der Waals surface area contributed by atoms with E-state index in [1.165, 1.54) is 11.1 Å². The molecule has 0 spiro atoms. The summed E-state index contributed by atoms with van der Waals surface area (Å²) in [5.74, 6) is 0.117. The highest BCUT2D eigenvalue weighted by atomic mass is 16.6. The van der Waals surface area contributed by atoms with E-state index in [2.05, 4.69) is 17.4 Å². The molecule has 2 aromatic carbocycles. The first-order valence-corrected chi connectivity index (χ1v) is 9.75. The molecule has 4 rings (SSSR count). The van der Waals surface area contributed by atoms with Gasteiger partial charge < -0.3 is 19.9 Å². The lowest BCUT2D eigenvalue weighted by Crippen LogP contribution is -2.56. The summed E-state index contributed by atoms with van der Waals surface area (Å²) in [6, 6.07) is 17.7. The molecule has 1 fully saturated rings. The minimum absolute atomic E-state index is 0.117. The van der Waals surface area contributed by atoms with Crippen molar-refractivity contribution in [2.24, 2.45) is 0 Å². The molecule has 0 aliphatic carbocycles. The molecule has 2 aromatic rings. The number of nitrogens with zero attached hydrogens (tertiary/aromatic N) is 2. The molecule has 2 aliphatic heterocycles. The van der Waals surface area contributed by atoms with Gasteiger partial charge in [0.15, 0.2) is 0 Å². The Morgan fingerprint density at radius 2 is 1.54 bits per heavy atom. The molecule has 1 saturated heterocycles. The van der Waals surface area contributed by atoms with E-state index in [0.29, 0.717) is 32.6 Å². The largest absolute Gasteiger partial charge is 0.445 e. The second-order valence-corrected chi connectivity index (χ2v) is 7.26. The lowest BCUT2D eigenvalue weighted by Gasteiger charge is -2.37. The first kappa shape index (κ1) is 18.5. The molecule has 0 aromatic heterocycles. The second kappa shape index (κ2) is 8.44. The van der Waals surface area contributed by atoms with Crippen molar-refractivity contribution in [2.45, 2.75) is 25.6 Å². The van der Waals surface area contributed by atoms with Crippen LogP contribution in [-0.2, 0) is 29.1 Å². The molecule has 6 nitrogen and oxygen atoms in total. The topological polar surface area (TPSA) is 61.9 Å². The molecule has 1 N–H and O–H groups in total. The average molecular weight is 379 g/mol. The Kier molecular flexibility index (Phi) is 5.58. The van der Waals surface area contributed by atoms with Crippen molar-refractivity contribution in [3.8, 4) is 0 Å². The van der Waals surface area contributed by atoms with Crippen LogP contribution in [0.4, 0.5) is 4.79 Å². The molecule has 1 atom stereocenters. The van der Waals surface area contributed by atoms with Gasteiger partial charge in [-0.2, -0.15) is 0 Å². The van der Waals surface area contributed by atoms with Gasteiger partial charge in [-0.3, -0.25) is 4.79 Å². The number of hydrogen-bond donors (Lipinski definition) is 1. The molecular formula is C22H25N3O3. The van der Waals surface area contributed by atoms with Gasteiger partial charge in [-0.1, -0.05) is 54.6 Å². The van der Waals surface area contributed by atoms with Crippen LogP contribution in [0.3, 0.4) is 0 Å². The van der Waals surface area contributed by atoms with Crippen LogP contribution in [0.15, 0.2) is 54.6 Å². The monoisotopic (exact) mass is 379 g/mol. The summed E-state index contributed by atoms with van der Waals surface area (Å²) in [7, 11) is 0. The molecule has 146 valence electrons. The van der Waals surface area contributed by atoms with Gasteiger partial charge in [-0.05, 0) is 23.1 Å². The Bertz CT molecular complexity index is 832. The third-order valence-electron chi connectivity index (χ3n) is 5.43. The van der Waals surface area contributed by atoms with Crippen LogP contribution in [0.5, 0.6) is 0 Å². The SMILES string of the molecule is O=C(OCc1ccccc1)N1CCN(C(=O)[C@@H]2Cc3ccccc3CN2)CC1. The molecule has 0 radical (unpaired) electrons. The minimum atomic E-state index is -0.319. The molecule has 28 heavy (non-hydrogen) atoms. The fourth-order valence-electron chi connectivity index (χ4n) is 3.77. The van der Waals surface area contributed by atoms with Crippen molar-refractivity contribution in [3.05, 3.63) is 71.3 Å². The maximum Gasteiger partial charge on any atom is 0.410 e. The number of nitrogens with one attached hydrogen (secondary N) is 1. The molecule has 6 heteroatoms. The molecule has 0 saturated carbocycles. The van der Waals surface area contributed by atoms with Gasteiger partial charge in [0.2, 0.25) is 5.91 Å². The quantitative estimate of drug-likeness (QED) is 0.888. The normalized spacial score (nSPS) is 19.1. The van der Waals surface area contributed by atoms with E-state index in [1.54, 1.807) is 4.90 Å². The maximum atomic E-state index is 12.9. The number of benzene rings is 2. The summed E-state index contributed by atoms with van der Waals surface area (Å²) >= 11 is 0. The van der Waals surface area contributed by atoms with E-state index < -0.39 is 0 Å². The van der Waals surface area contributed by atoms with E-state index in [-0.39, 0.29) is 24.6 Å². The zero-order valence-corrected chi connectivity index (χ0v) is 15.8. The third-order valence-corrected chi connectivity index (χ3v) is 5.43. The highest BCUT2D eigenvalue weighted by Crippen LogP contribution is 2.18. The number of fused-ring (bicyclic) bond motifs is 1. The molecule has 2 amide bonds. The molecule has 2 heterocycles. The smallest absolute Gasteiger partial charge is 0.410 e. The number of ether oxygens (including phenoxy) is 1. The molecular weight excluding hydrogens is 354 g/mol. The van der Waals surface area contributed by atoms with E-state index >= 15 is 0 Å². The Labute approximate surface area is 165 Å². The number of carbonyl (C=O) groups excluding carboxylic acids is 2. The zero-order valence-electron chi connectivity index (χ0n) is 15.8. The van der Waals surface area contributed by atoms with Gasteiger partial charge in [0.05, 0.1) is 6.04 Å². The van der Waals surface area contributed by atoms with Crippen molar-refractivity contribution < 1.29 is 14.3 Å².